The first-order valence-electron chi connectivity index (χ1n) is 17.9. The van der Waals surface area contributed by atoms with E-state index in [1.54, 1.807) is 7.11 Å². The molecular weight excluding hydrogens is 606 g/mol. The van der Waals surface area contributed by atoms with Crippen LogP contribution >= 0.6 is 0 Å². The molecule has 3 saturated heterocycles. The van der Waals surface area contributed by atoms with E-state index < -0.39 is 0 Å². The van der Waals surface area contributed by atoms with Crippen molar-refractivity contribution >= 4 is 28.5 Å². The summed E-state index contributed by atoms with van der Waals surface area (Å²) in [5.74, 6) is 1.69. The van der Waals surface area contributed by atoms with Gasteiger partial charge < -0.3 is 30.0 Å². The summed E-state index contributed by atoms with van der Waals surface area (Å²) in [7, 11) is 1.67. The van der Waals surface area contributed by atoms with Crippen LogP contribution in [0.1, 0.15) is 98.4 Å². The molecule has 2 saturated carbocycles. The molecule has 5 fully saturated rings. The lowest BCUT2D eigenvalue weighted by molar-refractivity contribution is -0.128. The van der Waals surface area contributed by atoms with Crippen LogP contribution in [-0.4, -0.2) is 74.1 Å². The Bertz CT molecular complexity index is 1920. The minimum atomic E-state index is -0.213. The molecule has 11 heteroatoms. The van der Waals surface area contributed by atoms with Gasteiger partial charge in [0.25, 0.3) is 5.91 Å². The van der Waals surface area contributed by atoms with Gasteiger partial charge in [-0.3, -0.25) is 14.0 Å². The Morgan fingerprint density at radius 3 is 2.54 bits per heavy atom. The summed E-state index contributed by atoms with van der Waals surface area (Å²) >= 11 is 0. The van der Waals surface area contributed by atoms with Gasteiger partial charge in [-0.1, -0.05) is 0 Å². The molecule has 0 radical (unpaired) electrons. The highest BCUT2D eigenvalue weighted by atomic mass is 16.5. The molecule has 48 heavy (non-hydrogen) atoms. The zero-order valence-electron chi connectivity index (χ0n) is 27.9. The van der Waals surface area contributed by atoms with Crippen molar-refractivity contribution < 1.29 is 19.1 Å². The lowest BCUT2D eigenvalue weighted by Gasteiger charge is -2.23. The molecule has 11 nitrogen and oxygen atoms in total. The average molecular weight is 652 g/mol. The quantitative estimate of drug-likeness (QED) is 0.262. The van der Waals surface area contributed by atoms with E-state index in [1.165, 1.54) is 12.8 Å². The number of hydrogen-bond acceptors (Lipinski definition) is 7. The number of rotatable bonds is 9. The first kappa shape index (κ1) is 30.1. The smallest absolute Gasteiger partial charge is 0.254 e. The predicted molar refractivity (Wildman–Crippen MR) is 181 cm³/mol. The topological polar surface area (TPSA) is 129 Å². The first-order chi connectivity index (χ1) is 23.4. The number of carbonyl (C=O) groups is 2. The summed E-state index contributed by atoms with van der Waals surface area (Å²) in [6.07, 6.45) is 8.98. The van der Waals surface area contributed by atoms with E-state index in [9.17, 15) is 9.59 Å². The van der Waals surface area contributed by atoms with E-state index in [4.69, 9.17) is 25.2 Å². The van der Waals surface area contributed by atoms with Crippen LogP contribution < -0.4 is 15.8 Å². The number of imidazole rings is 1. The van der Waals surface area contributed by atoms with E-state index in [2.05, 4.69) is 26.4 Å². The second kappa shape index (κ2) is 11.6. The molecule has 0 unspecified atom stereocenters. The molecule has 2 bridgehead atoms. The maximum Gasteiger partial charge on any atom is 0.254 e. The third-order valence-electron chi connectivity index (χ3n) is 11.5. The van der Waals surface area contributed by atoms with Crippen molar-refractivity contribution in [3.8, 4) is 17.3 Å². The Morgan fingerprint density at radius 2 is 1.85 bits per heavy atom. The Balaban J connectivity index is 1.11. The van der Waals surface area contributed by atoms with E-state index in [-0.39, 0.29) is 41.9 Å². The standard InChI is InChI=1S/C37H45N7O4/c1-20(39-36(45)23-11-13-48-14-12-23)28-9-7-24-15-30(42(35(24)40-28)19-21-3-4-21)33-34(22-5-6-22)44-31(41-33)16-25(17-32(44)47-2)37(46)43-26-8-10-29(43)27(38)18-26/h7,9,15-17,20-23,26-27,29H,3-6,8,10-14,18-19,38H2,1-2H3,(H,39,45)/t20-,26+,27-,29-/m1/s1. The molecule has 4 aromatic heterocycles. The van der Waals surface area contributed by atoms with Crippen LogP contribution in [-0.2, 0) is 16.1 Å². The molecule has 5 aliphatic rings. The van der Waals surface area contributed by atoms with Gasteiger partial charge in [0.1, 0.15) is 17.0 Å². The Kier molecular flexibility index (Phi) is 7.27. The van der Waals surface area contributed by atoms with E-state index in [1.807, 2.05) is 30.0 Å². The Labute approximate surface area is 280 Å². The van der Waals surface area contributed by atoms with Crippen molar-refractivity contribution in [3.05, 3.63) is 47.3 Å². The fourth-order valence-corrected chi connectivity index (χ4v) is 8.54. The number of nitrogens with one attached hydrogen (secondary N) is 1. The zero-order valence-corrected chi connectivity index (χ0v) is 27.9. The van der Waals surface area contributed by atoms with Crippen LogP contribution in [0.3, 0.4) is 0 Å². The molecule has 9 rings (SSSR count). The van der Waals surface area contributed by atoms with Gasteiger partial charge in [-0.15, -0.1) is 0 Å². The van der Waals surface area contributed by atoms with Crippen molar-refractivity contribution in [1.82, 2.24) is 29.2 Å². The number of carbonyl (C=O) groups excluding carboxylic acids is 2. The zero-order chi connectivity index (χ0) is 32.7. The van der Waals surface area contributed by atoms with Gasteiger partial charge in [-0.05, 0) is 94.9 Å². The van der Waals surface area contributed by atoms with Gasteiger partial charge >= 0.3 is 0 Å². The fourth-order valence-electron chi connectivity index (χ4n) is 8.54. The second-order valence-corrected chi connectivity index (χ2v) is 14.9. The van der Waals surface area contributed by atoms with E-state index in [0.717, 1.165) is 90.9 Å². The average Bonchev–Trinajstić information content (AvgIpc) is 3.98. The van der Waals surface area contributed by atoms with Crippen molar-refractivity contribution in [2.24, 2.45) is 17.6 Å². The van der Waals surface area contributed by atoms with Crippen LogP contribution in [0.2, 0.25) is 0 Å². The number of nitrogens with two attached hydrogens (primary N) is 1. The van der Waals surface area contributed by atoms with Gasteiger partial charge in [0, 0.05) is 66.7 Å². The molecule has 2 amide bonds. The monoisotopic (exact) mass is 651 g/mol. The van der Waals surface area contributed by atoms with Crippen molar-refractivity contribution in [3.63, 3.8) is 0 Å². The summed E-state index contributed by atoms with van der Waals surface area (Å²) in [4.78, 5) is 39.5. The molecule has 4 aromatic rings. The maximum atomic E-state index is 14.0. The SMILES string of the molecule is COc1cc(C(=O)N2[C@H]3CC[C@@H]2[C@H](N)C3)cc2nc(-c3cc4ccc([C@@H](C)NC(=O)C5CCOCC5)nc4n3CC3CC3)c(C3CC3)n12. The molecule has 0 aromatic carbocycles. The number of ether oxygens (including phenoxy) is 2. The first-order valence-corrected chi connectivity index (χ1v) is 17.9. The van der Waals surface area contributed by atoms with Crippen molar-refractivity contribution in [2.45, 2.75) is 101 Å². The third-order valence-corrected chi connectivity index (χ3v) is 11.5. The summed E-state index contributed by atoms with van der Waals surface area (Å²) < 4.78 is 15.9. The van der Waals surface area contributed by atoms with Crippen LogP contribution in [0.15, 0.2) is 30.3 Å². The van der Waals surface area contributed by atoms with Gasteiger partial charge in [0.15, 0.2) is 5.88 Å². The third kappa shape index (κ3) is 5.08. The van der Waals surface area contributed by atoms with Gasteiger partial charge in [0.05, 0.1) is 30.2 Å². The molecule has 2 aliphatic carbocycles. The van der Waals surface area contributed by atoms with E-state index >= 15 is 0 Å². The summed E-state index contributed by atoms with van der Waals surface area (Å²) in [6, 6.07) is 10.4. The minimum Gasteiger partial charge on any atom is -0.482 e. The number of nitrogens with zero attached hydrogens (tertiary/aromatic N) is 5. The van der Waals surface area contributed by atoms with Crippen LogP contribution in [0.25, 0.3) is 28.1 Å². The van der Waals surface area contributed by atoms with Crippen LogP contribution in [0, 0.1) is 11.8 Å². The highest BCUT2D eigenvalue weighted by Gasteiger charge is 2.47. The summed E-state index contributed by atoms with van der Waals surface area (Å²) in [5.41, 5.74) is 12.6. The van der Waals surface area contributed by atoms with Crippen LogP contribution in [0.5, 0.6) is 5.88 Å². The second-order valence-electron chi connectivity index (χ2n) is 14.9. The number of aromatic nitrogens is 4. The highest BCUT2D eigenvalue weighted by molar-refractivity contribution is 5.97. The highest BCUT2D eigenvalue weighted by Crippen LogP contribution is 2.47. The Hall–Kier alpha value is -3.96. The fraction of sp³-hybridized carbons (Fsp3) is 0.568. The molecule has 0 spiro atoms. The van der Waals surface area contributed by atoms with Gasteiger partial charge in [0.2, 0.25) is 5.91 Å². The molecular formula is C37H45N7O4. The molecule has 252 valence electrons. The number of pyridine rings is 2. The number of amides is 2. The molecule has 4 atom stereocenters. The van der Waals surface area contributed by atoms with Crippen molar-refractivity contribution in [2.75, 3.05) is 20.3 Å². The predicted octanol–water partition coefficient (Wildman–Crippen LogP) is 4.96. The lowest BCUT2D eigenvalue weighted by Crippen LogP contribution is -2.40. The summed E-state index contributed by atoms with van der Waals surface area (Å²) in [6.45, 7) is 4.16. The van der Waals surface area contributed by atoms with Gasteiger partial charge in [-0.25, -0.2) is 9.97 Å². The number of hydrogen-bond donors (Lipinski definition) is 2. The van der Waals surface area contributed by atoms with E-state index in [0.29, 0.717) is 36.5 Å². The van der Waals surface area contributed by atoms with Crippen LogP contribution in [0.4, 0.5) is 0 Å². The lowest BCUT2D eigenvalue weighted by atomic mass is 9.97. The largest absolute Gasteiger partial charge is 0.482 e. The molecule has 3 aliphatic heterocycles. The Morgan fingerprint density at radius 1 is 1.04 bits per heavy atom. The maximum absolute atomic E-state index is 14.0. The van der Waals surface area contributed by atoms with Crippen molar-refractivity contribution in [1.29, 1.82) is 0 Å². The summed E-state index contributed by atoms with van der Waals surface area (Å²) in [5, 5.41) is 4.27. The number of methoxy groups -OCH3 is 1. The molecule has 3 N–H and O–H groups in total. The molecule has 7 heterocycles. The minimum absolute atomic E-state index is 0.0120. The normalized spacial score (nSPS) is 24.9. The van der Waals surface area contributed by atoms with Gasteiger partial charge in [-0.2, -0.15) is 0 Å². The number of fused-ring (bicyclic) bond motifs is 4.